The van der Waals surface area contributed by atoms with Crippen LogP contribution < -0.4 is 33.2 Å². The third-order valence-corrected chi connectivity index (χ3v) is 11.0. The van der Waals surface area contributed by atoms with E-state index in [1.165, 1.54) is 0 Å². The lowest BCUT2D eigenvalue weighted by atomic mass is 9.68. The second-order valence-corrected chi connectivity index (χ2v) is 16.1. The number of likely N-dealkylation sites (tertiary alicyclic amines) is 2. The highest BCUT2D eigenvalue weighted by molar-refractivity contribution is 6.43. The van der Waals surface area contributed by atoms with E-state index in [0.29, 0.717) is 45.2 Å². The lowest BCUT2D eigenvalue weighted by Gasteiger charge is -2.43. The maximum Gasteiger partial charge on any atom is 0.456 e. The van der Waals surface area contributed by atoms with Crippen molar-refractivity contribution in [3.8, 4) is 0 Å². The standard InChI is InChI=1S/C41H63BN8O7/c1-28(2)24-34(48-38(53)35(26-30-14-7-4-8-15-30)47-36(51)32(44)25-29-12-5-3-6-13-29)37(52)46-33(17-9-10-20-43)39(54)49-22-18-41(45,19-23-49)40(55)50-21-11-16-31(27-50)42(56)57/h3-8,12-15,28,31-35,56-57H,9-11,16-27,43-45H2,1-2H3,(H,46,52)(H,47,51)(H,48,53)/t31?,32-,33-,34-,35-/m1/s1. The maximum absolute atomic E-state index is 14.1. The molecule has 2 aromatic carbocycles. The summed E-state index contributed by atoms with van der Waals surface area (Å²) in [5.74, 6) is -2.61. The van der Waals surface area contributed by atoms with Gasteiger partial charge in [0.05, 0.1) is 11.6 Å². The van der Waals surface area contributed by atoms with Gasteiger partial charge in [0.2, 0.25) is 29.5 Å². The predicted molar refractivity (Wildman–Crippen MR) is 219 cm³/mol. The van der Waals surface area contributed by atoms with Gasteiger partial charge in [0.1, 0.15) is 18.1 Å². The van der Waals surface area contributed by atoms with Crippen molar-refractivity contribution in [2.24, 2.45) is 23.1 Å². The van der Waals surface area contributed by atoms with Gasteiger partial charge in [-0.1, -0.05) is 74.5 Å². The van der Waals surface area contributed by atoms with Crippen molar-refractivity contribution >= 4 is 36.7 Å². The second-order valence-electron chi connectivity index (χ2n) is 16.1. The van der Waals surface area contributed by atoms with Gasteiger partial charge in [0.25, 0.3) is 0 Å². The molecule has 2 saturated heterocycles. The largest absolute Gasteiger partial charge is 0.456 e. The van der Waals surface area contributed by atoms with Crippen LogP contribution in [0.15, 0.2) is 60.7 Å². The number of unbranched alkanes of at least 4 members (excludes halogenated alkanes) is 1. The molecule has 2 aromatic rings. The van der Waals surface area contributed by atoms with Crippen molar-refractivity contribution in [1.29, 1.82) is 0 Å². The molecule has 4 rings (SSSR count). The average molecular weight is 791 g/mol. The molecule has 0 spiro atoms. The number of rotatable bonds is 19. The SMILES string of the molecule is CC(C)C[C@@H](NC(=O)[C@@H](Cc1ccccc1)NC(=O)[C@H](N)Cc1ccccc1)C(=O)N[C@H](CCCCN)C(=O)N1CCC(N)(C(=O)N2CCCC(B(O)O)C2)CC1. The van der Waals surface area contributed by atoms with Crippen molar-refractivity contribution in [1.82, 2.24) is 25.8 Å². The summed E-state index contributed by atoms with van der Waals surface area (Å²) < 4.78 is 0. The van der Waals surface area contributed by atoms with Crippen molar-refractivity contribution in [2.45, 2.75) is 114 Å². The topological polar surface area (TPSA) is 246 Å². The molecule has 0 radical (unpaired) electrons. The lowest BCUT2D eigenvalue weighted by Crippen LogP contribution is -2.63. The van der Waals surface area contributed by atoms with Gasteiger partial charge in [-0.15, -0.1) is 0 Å². The van der Waals surface area contributed by atoms with Crippen molar-refractivity contribution in [3.63, 3.8) is 0 Å². The molecule has 2 aliphatic rings. The predicted octanol–water partition coefficient (Wildman–Crippen LogP) is 0.214. The fourth-order valence-corrected chi connectivity index (χ4v) is 7.61. The smallest absolute Gasteiger partial charge is 0.427 e. The van der Waals surface area contributed by atoms with Gasteiger partial charge in [-0.3, -0.25) is 24.0 Å². The van der Waals surface area contributed by atoms with Gasteiger partial charge in [-0.2, -0.15) is 0 Å². The minimum atomic E-state index is -1.51. The zero-order valence-corrected chi connectivity index (χ0v) is 33.5. The summed E-state index contributed by atoms with van der Waals surface area (Å²) in [5, 5.41) is 28.0. The zero-order chi connectivity index (χ0) is 41.5. The molecule has 5 amide bonds. The van der Waals surface area contributed by atoms with E-state index >= 15 is 0 Å². The third kappa shape index (κ3) is 13.6. The van der Waals surface area contributed by atoms with E-state index in [1.54, 1.807) is 9.80 Å². The number of hydrogen-bond donors (Lipinski definition) is 8. The Bertz CT molecular complexity index is 1610. The molecule has 1 unspecified atom stereocenters. The maximum atomic E-state index is 14.1. The van der Waals surface area contributed by atoms with Gasteiger partial charge in [-0.25, -0.2) is 0 Å². The number of nitrogens with zero attached hydrogens (tertiary/aromatic N) is 2. The van der Waals surface area contributed by atoms with E-state index in [2.05, 4.69) is 16.0 Å². The molecule has 15 nitrogen and oxygen atoms in total. The number of benzene rings is 2. The monoisotopic (exact) mass is 790 g/mol. The van der Waals surface area contributed by atoms with Crippen LogP contribution in [-0.4, -0.2) is 119 Å². The number of piperidine rings is 2. The van der Waals surface area contributed by atoms with Crippen LogP contribution in [0, 0.1) is 5.92 Å². The van der Waals surface area contributed by atoms with E-state index in [1.807, 2.05) is 74.5 Å². The molecule has 2 heterocycles. The number of nitrogens with one attached hydrogen (secondary N) is 3. The molecule has 0 saturated carbocycles. The first kappa shape index (κ1) is 45.4. The summed E-state index contributed by atoms with van der Waals surface area (Å²) >= 11 is 0. The van der Waals surface area contributed by atoms with Gasteiger partial charge < -0.3 is 53.0 Å². The van der Waals surface area contributed by atoms with Gasteiger partial charge in [-0.05, 0) is 81.4 Å². The molecule has 11 N–H and O–H groups in total. The number of hydrogen-bond acceptors (Lipinski definition) is 10. The molecule has 5 atom stereocenters. The molecule has 0 aromatic heterocycles. The minimum absolute atomic E-state index is 0.0120. The molecule has 2 aliphatic heterocycles. The minimum Gasteiger partial charge on any atom is -0.427 e. The molecule has 57 heavy (non-hydrogen) atoms. The van der Waals surface area contributed by atoms with E-state index in [0.717, 1.165) is 11.1 Å². The molecule has 2 fully saturated rings. The van der Waals surface area contributed by atoms with Crippen molar-refractivity contribution in [2.75, 3.05) is 32.7 Å². The van der Waals surface area contributed by atoms with Crippen LogP contribution in [0.2, 0.25) is 5.82 Å². The highest BCUT2D eigenvalue weighted by atomic mass is 16.4. The highest BCUT2D eigenvalue weighted by Gasteiger charge is 2.44. The molecular formula is C41H63BN8O7. The number of amides is 5. The summed E-state index contributed by atoms with van der Waals surface area (Å²) in [7, 11) is -1.51. The second kappa shape index (κ2) is 22.0. The van der Waals surface area contributed by atoms with Crippen LogP contribution in [-0.2, 0) is 36.8 Å². The fourth-order valence-electron chi connectivity index (χ4n) is 7.61. The highest BCUT2D eigenvalue weighted by Crippen LogP contribution is 2.28. The Balaban J connectivity index is 1.45. The summed E-state index contributed by atoms with van der Waals surface area (Å²) in [5.41, 5.74) is 19.2. The van der Waals surface area contributed by atoms with Crippen LogP contribution in [0.1, 0.15) is 76.3 Å². The number of carbonyl (C=O) groups is 5. The Morgan fingerprint density at radius 1 is 0.789 bits per heavy atom. The molecule has 16 heteroatoms. The van der Waals surface area contributed by atoms with Gasteiger partial charge in [0.15, 0.2) is 0 Å². The van der Waals surface area contributed by atoms with Gasteiger partial charge in [0, 0.05) is 38.4 Å². The Morgan fingerprint density at radius 2 is 1.35 bits per heavy atom. The Labute approximate surface area is 337 Å². The summed E-state index contributed by atoms with van der Waals surface area (Å²) in [6, 6.07) is 14.7. The van der Waals surface area contributed by atoms with Crippen LogP contribution in [0.5, 0.6) is 0 Å². The normalized spacial score (nSPS) is 18.8. The molecule has 0 bridgehead atoms. The van der Waals surface area contributed by atoms with Gasteiger partial charge >= 0.3 is 7.12 Å². The summed E-state index contributed by atoms with van der Waals surface area (Å²) in [6.45, 7) is 5.35. The van der Waals surface area contributed by atoms with Crippen LogP contribution in [0.4, 0.5) is 0 Å². The quantitative estimate of drug-likeness (QED) is 0.0711. The van der Waals surface area contributed by atoms with E-state index in [4.69, 9.17) is 17.2 Å². The molecule has 0 aliphatic carbocycles. The number of nitrogens with two attached hydrogens (primary N) is 3. The Hall–Kier alpha value is -4.35. The lowest BCUT2D eigenvalue weighted by molar-refractivity contribution is -0.144. The van der Waals surface area contributed by atoms with E-state index < -0.39 is 60.4 Å². The first-order valence-corrected chi connectivity index (χ1v) is 20.4. The van der Waals surface area contributed by atoms with E-state index in [9.17, 15) is 34.0 Å². The molecular weight excluding hydrogens is 727 g/mol. The average Bonchev–Trinajstić information content (AvgIpc) is 3.20. The van der Waals surface area contributed by atoms with Crippen molar-refractivity contribution in [3.05, 3.63) is 71.8 Å². The van der Waals surface area contributed by atoms with E-state index in [-0.39, 0.29) is 69.5 Å². The van der Waals surface area contributed by atoms with Crippen LogP contribution >= 0.6 is 0 Å². The van der Waals surface area contributed by atoms with Crippen molar-refractivity contribution < 1.29 is 34.0 Å². The van der Waals surface area contributed by atoms with Crippen LogP contribution in [0.25, 0.3) is 0 Å². The first-order chi connectivity index (χ1) is 27.2. The van der Waals surface area contributed by atoms with Crippen LogP contribution in [0.3, 0.4) is 0 Å². The zero-order valence-electron chi connectivity index (χ0n) is 33.5. The number of carbonyl (C=O) groups excluding carboxylic acids is 5. The third-order valence-electron chi connectivity index (χ3n) is 11.0. The summed E-state index contributed by atoms with van der Waals surface area (Å²) in [6.07, 6.45) is 3.90. The Morgan fingerprint density at radius 3 is 1.93 bits per heavy atom. The summed E-state index contributed by atoms with van der Waals surface area (Å²) in [4.78, 5) is 72.2. The molecule has 312 valence electrons. The fraction of sp³-hybridized carbons (Fsp3) is 0.585. The Kier molecular flexibility index (Phi) is 17.5. The first-order valence-electron chi connectivity index (χ1n) is 20.4.